The van der Waals surface area contributed by atoms with E-state index in [1.54, 1.807) is 26.0 Å². The second kappa shape index (κ2) is 8.10. The van der Waals surface area contributed by atoms with Gasteiger partial charge in [-0.3, -0.25) is 9.52 Å². The van der Waals surface area contributed by atoms with E-state index in [1.807, 2.05) is 0 Å². The highest BCUT2D eigenvalue weighted by Gasteiger charge is 2.34. The monoisotopic (exact) mass is 451 g/mol. The summed E-state index contributed by atoms with van der Waals surface area (Å²) < 4.78 is 66.9. The number of nitrogens with one attached hydrogen (secondary N) is 2. The third-order valence-electron chi connectivity index (χ3n) is 4.55. The molecule has 0 saturated carbocycles. The van der Waals surface area contributed by atoms with Gasteiger partial charge in [0.1, 0.15) is 0 Å². The van der Waals surface area contributed by atoms with Gasteiger partial charge in [0.2, 0.25) is 10.0 Å². The molecule has 0 spiro atoms. The van der Waals surface area contributed by atoms with Crippen LogP contribution in [0.5, 0.6) is 0 Å². The second-order valence-electron chi connectivity index (χ2n) is 7.04. The normalized spacial score (nSPS) is 11.9. The summed E-state index contributed by atoms with van der Waals surface area (Å²) in [7, 11) is -3.49. The second-order valence-corrected chi connectivity index (χ2v) is 8.79. The van der Waals surface area contributed by atoms with Crippen molar-refractivity contribution in [1.82, 2.24) is 4.57 Å². The average Bonchev–Trinajstić information content (AvgIpc) is 2.94. The highest BCUT2D eigenvalue weighted by atomic mass is 32.2. The lowest BCUT2D eigenvalue weighted by Gasteiger charge is -2.17. The quantitative estimate of drug-likeness (QED) is 0.588. The predicted molar refractivity (Wildman–Crippen MR) is 113 cm³/mol. The molecule has 0 aliphatic rings. The molecule has 1 heterocycles. The van der Waals surface area contributed by atoms with Crippen molar-refractivity contribution < 1.29 is 26.4 Å². The van der Waals surface area contributed by atoms with Crippen LogP contribution in [0.1, 0.15) is 27.3 Å². The molecule has 0 unspecified atom stereocenters. The van der Waals surface area contributed by atoms with Crippen molar-refractivity contribution in [2.75, 3.05) is 16.3 Å². The Kier molecular flexibility index (Phi) is 5.86. The number of alkyl halides is 3. The van der Waals surface area contributed by atoms with Gasteiger partial charge in [0.05, 0.1) is 28.8 Å². The van der Waals surface area contributed by atoms with Gasteiger partial charge in [0.15, 0.2) is 0 Å². The molecule has 3 aromatic rings. The first-order chi connectivity index (χ1) is 14.4. The van der Waals surface area contributed by atoms with Crippen LogP contribution < -0.4 is 10.0 Å². The van der Waals surface area contributed by atoms with Crippen LogP contribution >= 0.6 is 0 Å². The molecule has 1 amide bonds. The topological polar surface area (TPSA) is 80.2 Å². The lowest BCUT2D eigenvalue weighted by molar-refractivity contribution is -0.137. The fourth-order valence-electron chi connectivity index (χ4n) is 3.34. The number of amides is 1. The maximum absolute atomic E-state index is 13.5. The van der Waals surface area contributed by atoms with E-state index in [1.165, 1.54) is 41.0 Å². The molecule has 6 nitrogen and oxygen atoms in total. The van der Waals surface area contributed by atoms with Crippen molar-refractivity contribution in [3.05, 3.63) is 77.1 Å². The van der Waals surface area contributed by atoms with E-state index in [0.29, 0.717) is 17.1 Å². The van der Waals surface area contributed by atoms with Crippen LogP contribution in [-0.2, 0) is 16.2 Å². The summed E-state index contributed by atoms with van der Waals surface area (Å²) in [6.07, 6.45) is -3.54. The maximum atomic E-state index is 13.5. The molecule has 0 fully saturated rings. The Morgan fingerprint density at radius 1 is 0.968 bits per heavy atom. The summed E-state index contributed by atoms with van der Waals surface area (Å²) in [4.78, 5) is 12.8. The minimum atomic E-state index is -4.55. The third-order valence-corrected chi connectivity index (χ3v) is 5.16. The van der Waals surface area contributed by atoms with Gasteiger partial charge in [0, 0.05) is 17.1 Å². The van der Waals surface area contributed by atoms with Crippen LogP contribution in [0.3, 0.4) is 0 Å². The number of aryl methyl sites for hydroxylation is 1. The lowest BCUT2D eigenvalue weighted by atomic mass is 10.1. The minimum Gasteiger partial charge on any atom is -0.322 e. The van der Waals surface area contributed by atoms with Gasteiger partial charge in [-0.2, -0.15) is 13.2 Å². The summed E-state index contributed by atoms with van der Waals surface area (Å²) in [5, 5.41) is 2.65. The van der Waals surface area contributed by atoms with E-state index in [2.05, 4.69) is 10.0 Å². The maximum Gasteiger partial charge on any atom is 0.418 e. The molecule has 0 bridgehead atoms. The highest BCUT2D eigenvalue weighted by Crippen LogP contribution is 2.35. The molecule has 0 aliphatic heterocycles. The molecule has 164 valence electrons. The van der Waals surface area contributed by atoms with Crippen molar-refractivity contribution in [2.24, 2.45) is 0 Å². The Hall–Kier alpha value is -3.27. The Balaban J connectivity index is 1.95. The van der Waals surface area contributed by atoms with Gasteiger partial charge in [-0.15, -0.1) is 0 Å². The standard InChI is InChI=1S/C21H20F3N3O3S/c1-13-11-17(14(2)27(13)19-10-5-4-9-18(19)21(22,23)24)20(28)25-15-7-6-8-16(12-15)26-31(3,29)30/h4-12,26H,1-3H3,(H,25,28). The third kappa shape index (κ3) is 5.08. The zero-order chi connectivity index (χ0) is 23.0. The van der Waals surface area contributed by atoms with E-state index < -0.39 is 27.7 Å². The molecule has 10 heteroatoms. The van der Waals surface area contributed by atoms with Crippen LogP contribution in [0.4, 0.5) is 24.5 Å². The number of halogens is 3. The van der Waals surface area contributed by atoms with E-state index in [0.717, 1.165) is 12.3 Å². The van der Waals surface area contributed by atoms with Gasteiger partial charge < -0.3 is 9.88 Å². The fourth-order valence-corrected chi connectivity index (χ4v) is 3.90. The summed E-state index contributed by atoms with van der Waals surface area (Å²) in [5.41, 5.74) is 0.746. The van der Waals surface area contributed by atoms with E-state index in [4.69, 9.17) is 0 Å². The highest BCUT2D eigenvalue weighted by molar-refractivity contribution is 7.92. The van der Waals surface area contributed by atoms with E-state index >= 15 is 0 Å². The SMILES string of the molecule is Cc1cc(C(=O)Nc2cccc(NS(C)(=O)=O)c2)c(C)n1-c1ccccc1C(F)(F)F. The van der Waals surface area contributed by atoms with Gasteiger partial charge in [-0.25, -0.2) is 8.42 Å². The zero-order valence-electron chi connectivity index (χ0n) is 16.9. The van der Waals surface area contributed by atoms with Crippen molar-refractivity contribution in [2.45, 2.75) is 20.0 Å². The number of hydrogen-bond donors (Lipinski definition) is 2. The van der Waals surface area contributed by atoms with Crippen LogP contribution in [0.15, 0.2) is 54.6 Å². The summed E-state index contributed by atoms with van der Waals surface area (Å²) >= 11 is 0. The van der Waals surface area contributed by atoms with Gasteiger partial charge >= 0.3 is 6.18 Å². The lowest BCUT2D eigenvalue weighted by Crippen LogP contribution is -2.15. The molecule has 0 atom stereocenters. The molecule has 0 radical (unpaired) electrons. The van der Waals surface area contributed by atoms with Crippen molar-refractivity contribution >= 4 is 27.3 Å². The first kappa shape index (κ1) is 22.4. The van der Waals surface area contributed by atoms with Crippen LogP contribution in [0.2, 0.25) is 0 Å². The Morgan fingerprint density at radius 2 is 1.61 bits per heavy atom. The Bertz CT molecular complexity index is 1250. The number of aromatic nitrogens is 1. The summed E-state index contributed by atoms with van der Waals surface area (Å²) in [6, 6.07) is 12.8. The summed E-state index contributed by atoms with van der Waals surface area (Å²) in [6.45, 7) is 3.18. The molecule has 0 saturated heterocycles. The number of hydrogen-bond acceptors (Lipinski definition) is 3. The number of rotatable bonds is 5. The zero-order valence-corrected chi connectivity index (χ0v) is 17.7. The first-order valence-electron chi connectivity index (χ1n) is 9.11. The molecule has 31 heavy (non-hydrogen) atoms. The minimum absolute atomic E-state index is 0.0663. The van der Waals surface area contributed by atoms with Crippen LogP contribution in [0.25, 0.3) is 5.69 Å². The molecule has 2 N–H and O–H groups in total. The number of anilines is 2. The van der Waals surface area contributed by atoms with Crippen molar-refractivity contribution in [3.63, 3.8) is 0 Å². The number of carbonyl (C=O) groups excluding carboxylic acids is 1. The molecular weight excluding hydrogens is 431 g/mol. The van der Waals surface area contributed by atoms with E-state index in [-0.39, 0.29) is 16.9 Å². The van der Waals surface area contributed by atoms with Gasteiger partial charge in [-0.1, -0.05) is 18.2 Å². The van der Waals surface area contributed by atoms with Crippen LogP contribution in [0, 0.1) is 13.8 Å². The molecule has 3 rings (SSSR count). The number of para-hydroxylation sites is 1. The molecular formula is C21H20F3N3O3S. The van der Waals surface area contributed by atoms with Gasteiger partial charge in [-0.05, 0) is 50.2 Å². The fraction of sp³-hybridized carbons (Fsp3) is 0.190. The average molecular weight is 451 g/mol. The largest absolute Gasteiger partial charge is 0.418 e. The van der Waals surface area contributed by atoms with Crippen molar-refractivity contribution in [1.29, 1.82) is 0 Å². The number of carbonyl (C=O) groups is 1. The van der Waals surface area contributed by atoms with Gasteiger partial charge in [0.25, 0.3) is 5.91 Å². The number of benzene rings is 2. The van der Waals surface area contributed by atoms with E-state index in [9.17, 15) is 26.4 Å². The Morgan fingerprint density at radius 3 is 2.26 bits per heavy atom. The van der Waals surface area contributed by atoms with Crippen LogP contribution in [-0.4, -0.2) is 25.1 Å². The predicted octanol–water partition coefficient (Wildman–Crippen LogP) is 4.74. The molecule has 2 aromatic carbocycles. The smallest absolute Gasteiger partial charge is 0.322 e. The Labute approximate surface area is 177 Å². The molecule has 1 aromatic heterocycles. The first-order valence-corrected chi connectivity index (χ1v) is 11.0. The molecule has 0 aliphatic carbocycles. The number of nitrogens with zero attached hydrogens (tertiary/aromatic N) is 1. The van der Waals surface area contributed by atoms with Crippen molar-refractivity contribution in [3.8, 4) is 5.69 Å². The summed E-state index contributed by atoms with van der Waals surface area (Å²) in [5.74, 6) is -0.527. The number of sulfonamides is 1.